The summed E-state index contributed by atoms with van der Waals surface area (Å²) in [5.74, 6) is -0.0803. The molecular weight excluding hydrogens is 244 g/mol. The van der Waals surface area contributed by atoms with Gasteiger partial charge in [-0.15, -0.1) is 0 Å². The van der Waals surface area contributed by atoms with Crippen molar-refractivity contribution in [3.05, 3.63) is 0 Å². The average molecular weight is 270 g/mol. The van der Waals surface area contributed by atoms with Crippen molar-refractivity contribution in [3.8, 4) is 0 Å². The van der Waals surface area contributed by atoms with Crippen LogP contribution in [0.4, 0.5) is 0 Å². The van der Waals surface area contributed by atoms with Gasteiger partial charge in [-0.05, 0) is 19.3 Å². The van der Waals surface area contributed by atoms with Crippen molar-refractivity contribution in [2.24, 2.45) is 5.41 Å². The topological polar surface area (TPSA) is 58.6 Å². The fourth-order valence-electron chi connectivity index (χ4n) is 2.57. The van der Waals surface area contributed by atoms with E-state index in [2.05, 4.69) is 5.32 Å². The smallest absolute Gasteiger partial charge is 0.246 e. The van der Waals surface area contributed by atoms with Gasteiger partial charge in [-0.1, -0.05) is 20.8 Å². The molecule has 110 valence electrons. The van der Waals surface area contributed by atoms with E-state index in [0.29, 0.717) is 13.0 Å². The van der Waals surface area contributed by atoms with Crippen LogP contribution in [-0.2, 0) is 14.3 Å². The van der Waals surface area contributed by atoms with Crippen molar-refractivity contribution < 1.29 is 14.3 Å². The Balaban J connectivity index is 3.06. The summed E-state index contributed by atoms with van der Waals surface area (Å²) in [6, 6.07) is -0.626. The molecule has 0 aliphatic carbocycles. The first-order valence-electron chi connectivity index (χ1n) is 6.79. The summed E-state index contributed by atoms with van der Waals surface area (Å²) >= 11 is 0. The predicted molar refractivity (Wildman–Crippen MR) is 73.6 cm³/mol. The quantitative estimate of drug-likeness (QED) is 0.837. The predicted octanol–water partition coefficient (Wildman–Crippen LogP) is 1.17. The molecule has 0 aromatic rings. The molecule has 0 bridgehead atoms. The number of hydrogen-bond donors (Lipinski definition) is 1. The molecular formula is C14H26N2O3. The number of hydrogen-bond acceptors (Lipinski definition) is 3. The summed E-state index contributed by atoms with van der Waals surface area (Å²) < 4.78 is 5.14. The molecule has 0 aromatic carbocycles. The Morgan fingerprint density at radius 2 is 2.00 bits per heavy atom. The van der Waals surface area contributed by atoms with Crippen molar-refractivity contribution in [2.75, 3.05) is 13.7 Å². The number of methoxy groups -OCH3 is 1. The maximum absolute atomic E-state index is 12.7. The highest BCUT2D eigenvalue weighted by Crippen LogP contribution is 2.26. The molecule has 1 rings (SSSR count). The first kappa shape index (κ1) is 16.0. The molecule has 5 nitrogen and oxygen atoms in total. The molecule has 1 aliphatic rings. The lowest BCUT2D eigenvalue weighted by atomic mass is 9.85. The average Bonchev–Trinajstić information content (AvgIpc) is 2.34. The normalized spacial score (nSPS) is 26.9. The minimum Gasteiger partial charge on any atom is -0.383 e. The second-order valence-electron chi connectivity index (χ2n) is 6.47. The standard InChI is InChI=1S/C14H26N2O3/c1-9-7-11(17)15-12(14(3,4)5)13(18)16(9)10(2)8-19-6/h9-10,12H,7-8H2,1-6H3,(H,15,17). The van der Waals surface area contributed by atoms with E-state index in [1.807, 2.05) is 34.6 Å². The van der Waals surface area contributed by atoms with Gasteiger partial charge in [0.15, 0.2) is 0 Å². The number of amides is 2. The van der Waals surface area contributed by atoms with Crippen LogP contribution in [0, 0.1) is 5.41 Å². The zero-order valence-corrected chi connectivity index (χ0v) is 12.8. The number of rotatable bonds is 3. The molecule has 0 saturated carbocycles. The number of ether oxygens (including phenoxy) is 1. The van der Waals surface area contributed by atoms with Gasteiger partial charge in [-0.2, -0.15) is 0 Å². The Kier molecular flexibility index (Phi) is 4.96. The summed E-state index contributed by atoms with van der Waals surface area (Å²) in [7, 11) is 1.62. The molecule has 3 atom stereocenters. The minimum atomic E-state index is -0.482. The van der Waals surface area contributed by atoms with Crippen LogP contribution >= 0.6 is 0 Å². The molecule has 19 heavy (non-hydrogen) atoms. The Morgan fingerprint density at radius 1 is 1.42 bits per heavy atom. The Hall–Kier alpha value is -1.10. The molecule has 3 unspecified atom stereocenters. The van der Waals surface area contributed by atoms with E-state index in [-0.39, 0.29) is 29.3 Å². The molecule has 0 aromatic heterocycles. The molecule has 1 N–H and O–H groups in total. The van der Waals surface area contributed by atoms with Crippen molar-refractivity contribution in [2.45, 2.75) is 59.2 Å². The first-order valence-corrected chi connectivity index (χ1v) is 6.79. The largest absolute Gasteiger partial charge is 0.383 e. The highest BCUT2D eigenvalue weighted by Gasteiger charge is 2.41. The second kappa shape index (κ2) is 5.90. The van der Waals surface area contributed by atoms with Crippen LogP contribution in [0.5, 0.6) is 0 Å². The summed E-state index contributed by atoms with van der Waals surface area (Å²) in [6.45, 7) is 10.2. The van der Waals surface area contributed by atoms with Gasteiger partial charge in [0.1, 0.15) is 6.04 Å². The minimum absolute atomic E-state index is 0.0181. The number of carbonyl (C=O) groups excluding carboxylic acids is 2. The van der Waals surface area contributed by atoms with Crippen LogP contribution in [0.2, 0.25) is 0 Å². The molecule has 1 heterocycles. The SMILES string of the molecule is COCC(C)N1C(=O)C(C(C)(C)C)NC(=O)CC1C. The fourth-order valence-corrected chi connectivity index (χ4v) is 2.57. The number of nitrogens with one attached hydrogen (secondary N) is 1. The van der Waals surface area contributed by atoms with Crippen molar-refractivity contribution in [1.82, 2.24) is 10.2 Å². The van der Waals surface area contributed by atoms with Gasteiger partial charge in [0.05, 0.1) is 12.6 Å². The lowest BCUT2D eigenvalue weighted by molar-refractivity contribution is -0.140. The molecule has 1 saturated heterocycles. The Bertz CT molecular complexity index is 349. The zero-order valence-electron chi connectivity index (χ0n) is 12.8. The lowest BCUT2D eigenvalue weighted by Crippen LogP contribution is -2.55. The third-order valence-corrected chi connectivity index (χ3v) is 3.51. The van der Waals surface area contributed by atoms with Gasteiger partial charge in [0.25, 0.3) is 0 Å². The highest BCUT2D eigenvalue weighted by molar-refractivity contribution is 5.91. The Labute approximate surface area is 115 Å². The monoisotopic (exact) mass is 270 g/mol. The van der Waals surface area contributed by atoms with E-state index in [9.17, 15) is 9.59 Å². The maximum Gasteiger partial charge on any atom is 0.246 e. The van der Waals surface area contributed by atoms with E-state index < -0.39 is 6.04 Å². The van der Waals surface area contributed by atoms with Gasteiger partial charge in [0, 0.05) is 19.6 Å². The molecule has 2 amide bonds. The number of nitrogens with zero attached hydrogens (tertiary/aromatic N) is 1. The molecule has 5 heteroatoms. The van der Waals surface area contributed by atoms with E-state index in [1.54, 1.807) is 12.0 Å². The van der Waals surface area contributed by atoms with E-state index in [0.717, 1.165) is 0 Å². The highest BCUT2D eigenvalue weighted by atomic mass is 16.5. The third-order valence-electron chi connectivity index (χ3n) is 3.51. The molecule has 0 spiro atoms. The van der Waals surface area contributed by atoms with Crippen molar-refractivity contribution in [3.63, 3.8) is 0 Å². The lowest BCUT2D eigenvalue weighted by Gasteiger charge is -2.37. The van der Waals surface area contributed by atoms with Crippen molar-refractivity contribution in [1.29, 1.82) is 0 Å². The fraction of sp³-hybridized carbons (Fsp3) is 0.857. The van der Waals surface area contributed by atoms with Crippen LogP contribution < -0.4 is 5.32 Å². The first-order chi connectivity index (χ1) is 8.68. The van der Waals surface area contributed by atoms with E-state index in [1.165, 1.54) is 0 Å². The van der Waals surface area contributed by atoms with E-state index in [4.69, 9.17) is 4.74 Å². The summed E-state index contributed by atoms with van der Waals surface area (Å²) in [6.07, 6.45) is 0.340. The molecule has 0 radical (unpaired) electrons. The van der Waals surface area contributed by atoms with Gasteiger partial charge in [-0.25, -0.2) is 0 Å². The Morgan fingerprint density at radius 3 is 2.47 bits per heavy atom. The van der Waals surface area contributed by atoms with Gasteiger partial charge < -0.3 is 15.0 Å². The second-order valence-corrected chi connectivity index (χ2v) is 6.47. The van der Waals surface area contributed by atoms with E-state index >= 15 is 0 Å². The number of carbonyl (C=O) groups is 2. The van der Waals surface area contributed by atoms with Crippen molar-refractivity contribution >= 4 is 11.8 Å². The van der Waals surface area contributed by atoms with Crippen LogP contribution in [0.25, 0.3) is 0 Å². The van der Waals surface area contributed by atoms with Gasteiger partial charge >= 0.3 is 0 Å². The van der Waals surface area contributed by atoms with Crippen LogP contribution in [0.1, 0.15) is 41.0 Å². The molecule has 1 aliphatic heterocycles. The third kappa shape index (κ3) is 3.69. The summed E-state index contributed by atoms with van der Waals surface area (Å²) in [4.78, 5) is 26.4. The zero-order chi connectivity index (χ0) is 14.8. The van der Waals surface area contributed by atoms with Crippen LogP contribution in [0.3, 0.4) is 0 Å². The summed E-state index contributed by atoms with van der Waals surface area (Å²) in [5, 5.41) is 2.85. The van der Waals surface area contributed by atoms with Crippen LogP contribution in [-0.4, -0.2) is 48.6 Å². The summed E-state index contributed by atoms with van der Waals surface area (Å²) in [5.41, 5.74) is -0.304. The van der Waals surface area contributed by atoms with Gasteiger partial charge in [-0.3, -0.25) is 9.59 Å². The molecule has 1 fully saturated rings. The van der Waals surface area contributed by atoms with Crippen LogP contribution in [0.15, 0.2) is 0 Å². The maximum atomic E-state index is 12.7. The van der Waals surface area contributed by atoms with Gasteiger partial charge in [0.2, 0.25) is 11.8 Å².